The van der Waals surface area contributed by atoms with Gasteiger partial charge in [0.25, 0.3) is 0 Å². The molecule has 0 saturated carbocycles. The van der Waals surface area contributed by atoms with Crippen LogP contribution in [0.2, 0.25) is 15.3 Å². The first-order valence-electron chi connectivity index (χ1n) is 4.42. The van der Waals surface area contributed by atoms with E-state index in [-0.39, 0.29) is 4.83 Å². The van der Waals surface area contributed by atoms with Crippen LogP contribution in [-0.4, -0.2) is 0 Å². The average molecular weight is 340 g/mol. The van der Waals surface area contributed by atoms with E-state index in [1.54, 1.807) is 30.3 Å². The second-order valence-corrected chi connectivity index (χ2v) is 5.30. The Morgan fingerprint density at radius 2 is 1.81 bits per heavy atom. The third-order valence-corrected chi connectivity index (χ3v) is 3.80. The molecule has 84 valence electrons. The van der Waals surface area contributed by atoms with E-state index >= 15 is 0 Å². The van der Waals surface area contributed by atoms with Gasteiger partial charge < -0.3 is 4.42 Å². The Labute approximate surface area is 116 Å². The molecule has 0 saturated heterocycles. The standard InChI is InChI=1S/C11H6BrCl3O/c12-11(9-3-4-10(15)16-9)7-5-6(13)1-2-8(7)14/h1-5,11H. The van der Waals surface area contributed by atoms with Crippen LogP contribution in [0.15, 0.2) is 34.7 Å². The molecule has 0 aliphatic heterocycles. The normalized spacial score (nSPS) is 12.8. The molecule has 5 heteroatoms. The van der Waals surface area contributed by atoms with E-state index in [0.29, 0.717) is 21.0 Å². The van der Waals surface area contributed by atoms with Crippen molar-refractivity contribution in [1.29, 1.82) is 0 Å². The van der Waals surface area contributed by atoms with E-state index in [1.165, 1.54) is 0 Å². The van der Waals surface area contributed by atoms with Crippen LogP contribution in [0.4, 0.5) is 0 Å². The van der Waals surface area contributed by atoms with E-state index < -0.39 is 0 Å². The molecule has 0 bridgehead atoms. The minimum absolute atomic E-state index is 0.161. The summed E-state index contributed by atoms with van der Waals surface area (Å²) in [7, 11) is 0. The summed E-state index contributed by atoms with van der Waals surface area (Å²) >= 11 is 21.2. The first kappa shape index (κ1) is 12.3. The zero-order chi connectivity index (χ0) is 11.7. The van der Waals surface area contributed by atoms with Gasteiger partial charge in [-0.25, -0.2) is 0 Å². The number of hydrogen-bond donors (Lipinski definition) is 0. The molecule has 0 spiro atoms. The smallest absolute Gasteiger partial charge is 0.193 e. The van der Waals surface area contributed by atoms with E-state index in [2.05, 4.69) is 15.9 Å². The van der Waals surface area contributed by atoms with Crippen LogP contribution in [0, 0.1) is 0 Å². The number of alkyl halides is 1. The second-order valence-electron chi connectivity index (χ2n) is 3.17. The summed E-state index contributed by atoms with van der Waals surface area (Å²) in [4.78, 5) is -0.161. The Morgan fingerprint density at radius 1 is 1.06 bits per heavy atom. The van der Waals surface area contributed by atoms with Crippen LogP contribution in [0.5, 0.6) is 0 Å². The molecule has 1 unspecified atom stereocenters. The van der Waals surface area contributed by atoms with Gasteiger partial charge >= 0.3 is 0 Å². The molecule has 1 nitrogen and oxygen atoms in total. The number of rotatable bonds is 2. The second kappa shape index (κ2) is 5.01. The zero-order valence-corrected chi connectivity index (χ0v) is 11.7. The Kier molecular flexibility index (Phi) is 3.85. The molecule has 0 aliphatic carbocycles. The topological polar surface area (TPSA) is 13.1 Å². The third kappa shape index (κ3) is 2.57. The SMILES string of the molecule is Clc1ccc(Cl)c(C(Br)c2ccc(Cl)o2)c1. The Balaban J connectivity index is 2.40. The fourth-order valence-corrected chi connectivity index (χ4v) is 2.64. The fourth-order valence-electron chi connectivity index (χ4n) is 1.33. The van der Waals surface area contributed by atoms with Crippen LogP contribution in [0.1, 0.15) is 16.2 Å². The van der Waals surface area contributed by atoms with Crippen LogP contribution in [0.25, 0.3) is 0 Å². The van der Waals surface area contributed by atoms with Crippen molar-refractivity contribution in [1.82, 2.24) is 0 Å². The van der Waals surface area contributed by atoms with E-state index in [0.717, 1.165) is 5.56 Å². The molecule has 16 heavy (non-hydrogen) atoms. The zero-order valence-electron chi connectivity index (χ0n) is 7.88. The Hall–Kier alpha value is -0.150. The third-order valence-electron chi connectivity index (χ3n) is 2.07. The molecule has 1 aromatic carbocycles. The molecule has 2 rings (SSSR count). The van der Waals surface area contributed by atoms with Crippen molar-refractivity contribution in [3.63, 3.8) is 0 Å². The van der Waals surface area contributed by atoms with Crippen LogP contribution >= 0.6 is 50.7 Å². The largest absolute Gasteiger partial charge is 0.448 e. The van der Waals surface area contributed by atoms with Gasteiger partial charge in [0.05, 0.1) is 4.83 Å². The van der Waals surface area contributed by atoms with Crippen molar-refractivity contribution in [3.05, 3.63) is 56.9 Å². The van der Waals surface area contributed by atoms with Gasteiger partial charge in [-0.2, -0.15) is 0 Å². The first-order chi connectivity index (χ1) is 7.58. The molecule has 0 aliphatic rings. The van der Waals surface area contributed by atoms with Gasteiger partial charge in [0, 0.05) is 10.0 Å². The van der Waals surface area contributed by atoms with Crippen molar-refractivity contribution < 1.29 is 4.42 Å². The average Bonchev–Trinajstić information content (AvgIpc) is 2.67. The quantitative estimate of drug-likeness (QED) is 0.637. The van der Waals surface area contributed by atoms with Crippen molar-refractivity contribution in [2.24, 2.45) is 0 Å². The van der Waals surface area contributed by atoms with E-state index in [1.807, 2.05) is 0 Å². The lowest BCUT2D eigenvalue weighted by atomic mass is 10.1. The fraction of sp³-hybridized carbons (Fsp3) is 0.0909. The van der Waals surface area contributed by atoms with E-state index in [9.17, 15) is 0 Å². The summed E-state index contributed by atoms with van der Waals surface area (Å²) in [6, 6.07) is 8.75. The molecule has 0 radical (unpaired) electrons. The highest BCUT2D eigenvalue weighted by atomic mass is 79.9. The minimum atomic E-state index is -0.161. The Morgan fingerprint density at radius 3 is 2.44 bits per heavy atom. The summed E-state index contributed by atoms with van der Waals surface area (Å²) in [5, 5.41) is 1.60. The minimum Gasteiger partial charge on any atom is -0.448 e. The van der Waals surface area contributed by atoms with Gasteiger partial charge in [0.2, 0.25) is 0 Å². The maximum atomic E-state index is 6.08. The molecular formula is C11H6BrCl3O. The summed E-state index contributed by atoms with van der Waals surface area (Å²) < 4.78 is 5.31. The number of furan rings is 1. The molecule has 1 heterocycles. The summed E-state index contributed by atoms with van der Waals surface area (Å²) in [6.07, 6.45) is 0. The summed E-state index contributed by atoms with van der Waals surface area (Å²) in [5.41, 5.74) is 0.847. The van der Waals surface area contributed by atoms with E-state index in [4.69, 9.17) is 39.2 Å². The first-order valence-corrected chi connectivity index (χ1v) is 6.47. The van der Waals surface area contributed by atoms with Crippen molar-refractivity contribution in [3.8, 4) is 0 Å². The molecule has 0 fully saturated rings. The van der Waals surface area contributed by atoms with Gasteiger partial charge in [0.1, 0.15) is 5.76 Å². The van der Waals surface area contributed by atoms with Crippen molar-refractivity contribution in [2.45, 2.75) is 4.83 Å². The lowest BCUT2D eigenvalue weighted by Gasteiger charge is -2.09. The number of halogens is 4. The molecule has 0 N–H and O–H groups in total. The van der Waals surface area contributed by atoms with Gasteiger partial charge in [-0.15, -0.1) is 0 Å². The predicted octanol–water partition coefficient (Wildman–Crippen LogP) is 5.72. The van der Waals surface area contributed by atoms with Gasteiger partial charge in [-0.1, -0.05) is 39.1 Å². The Bertz CT molecular complexity index is 510. The predicted molar refractivity (Wildman–Crippen MR) is 71.0 cm³/mol. The molecule has 0 amide bonds. The lowest BCUT2D eigenvalue weighted by molar-refractivity contribution is 0.521. The van der Waals surface area contributed by atoms with Gasteiger partial charge in [-0.3, -0.25) is 0 Å². The molecule has 1 aromatic heterocycles. The molecule has 1 atom stereocenters. The number of hydrogen-bond acceptors (Lipinski definition) is 1. The maximum absolute atomic E-state index is 6.08. The van der Waals surface area contributed by atoms with Crippen molar-refractivity contribution in [2.75, 3.05) is 0 Å². The van der Waals surface area contributed by atoms with Crippen LogP contribution < -0.4 is 0 Å². The van der Waals surface area contributed by atoms with Crippen molar-refractivity contribution >= 4 is 50.7 Å². The highest BCUT2D eigenvalue weighted by Crippen LogP contribution is 2.37. The van der Waals surface area contributed by atoms with Crippen LogP contribution in [0.3, 0.4) is 0 Å². The highest BCUT2D eigenvalue weighted by molar-refractivity contribution is 9.09. The highest BCUT2D eigenvalue weighted by Gasteiger charge is 2.17. The van der Waals surface area contributed by atoms with Gasteiger partial charge in [-0.05, 0) is 47.5 Å². The lowest BCUT2D eigenvalue weighted by Crippen LogP contribution is -1.91. The molecule has 2 aromatic rings. The van der Waals surface area contributed by atoms with Crippen LogP contribution in [-0.2, 0) is 0 Å². The monoisotopic (exact) mass is 338 g/mol. The number of benzene rings is 1. The van der Waals surface area contributed by atoms with Gasteiger partial charge in [0.15, 0.2) is 5.22 Å². The maximum Gasteiger partial charge on any atom is 0.193 e. The summed E-state index contributed by atoms with van der Waals surface area (Å²) in [5.74, 6) is 0.689. The summed E-state index contributed by atoms with van der Waals surface area (Å²) in [6.45, 7) is 0. The molecular weight excluding hydrogens is 334 g/mol.